The van der Waals surface area contributed by atoms with E-state index in [-0.39, 0.29) is 17.4 Å². The first-order valence-corrected chi connectivity index (χ1v) is 6.39. The molecule has 0 unspecified atom stereocenters. The van der Waals surface area contributed by atoms with Crippen LogP contribution in [0.25, 0.3) is 10.8 Å². The smallest absolute Gasteiger partial charge is 0.274 e. The summed E-state index contributed by atoms with van der Waals surface area (Å²) in [6, 6.07) is 13.7. The van der Waals surface area contributed by atoms with E-state index in [1.54, 1.807) is 42.5 Å². The number of rotatable bonds is 2. The van der Waals surface area contributed by atoms with Crippen LogP contribution in [-0.2, 0) is 0 Å². The van der Waals surface area contributed by atoms with Gasteiger partial charge in [0.1, 0.15) is 11.4 Å². The summed E-state index contributed by atoms with van der Waals surface area (Å²) in [7, 11) is 0. The fourth-order valence-corrected chi connectivity index (χ4v) is 2.13. The van der Waals surface area contributed by atoms with Crippen molar-refractivity contribution >= 4 is 28.1 Å². The standard InChI is InChI=1S/C16H13N3O2/c17-10-7-8-14(18-9-10)16(21)19-13-5-1-4-12-11(13)3-2-6-15(12)20/h1-9,20H,17H2,(H,19,21). The summed E-state index contributed by atoms with van der Waals surface area (Å²) in [6.45, 7) is 0. The van der Waals surface area contributed by atoms with Crippen molar-refractivity contribution in [1.82, 2.24) is 4.98 Å². The number of anilines is 2. The van der Waals surface area contributed by atoms with Crippen LogP contribution in [-0.4, -0.2) is 16.0 Å². The SMILES string of the molecule is Nc1ccc(C(=O)Nc2cccc3c(O)cccc23)nc1. The van der Waals surface area contributed by atoms with Gasteiger partial charge in [-0.05, 0) is 24.3 Å². The fraction of sp³-hybridized carbons (Fsp3) is 0. The Hall–Kier alpha value is -3.08. The van der Waals surface area contributed by atoms with Crippen molar-refractivity contribution in [1.29, 1.82) is 0 Å². The summed E-state index contributed by atoms with van der Waals surface area (Å²) < 4.78 is 0. The predicted molar refractivity (Wildman–Crippen MR) is 82.2 cm³/mol. The van der Waals surface area contributed by atoms with E-state index in [0.29, 0.717) is 16.8 Å². The van der Waals surface area contributed by atoms with Gasteiger partial charge >= 0.3 is 0 Å². The van der Waals surface area contributed by atoms with Crippen LogP contribution >= 0.6 is 0 Å². The fourth-order valence-electron chi connectivity index (χ4n) is 2.13. The highest BCUT2D eigenvalue weighted by Gasteiger charge is 2.10. The van der Waals surface area contributed by atoms with E-state index in [9.17, 15) is 9.90 Å². The number of nitrogens with one attached hydrogen (secondary N) is 1. The average molecular weight is 279 g/mol. The van der Waals surface area contributed by atoms with Gasteiger partial charge in [0.15, 0.2) is 0 Å². The molecule has 0 spiro atoms. The molecule has 0 fully saturated rings. The first kappa shape index (κ1) is 12.9. The van der Waals surface area contributed by atoms with Gasteiger partial charge in [0.05, 0.1) is 11.9 Å². The minimum atomic E-state index is -0.328. The lowest BCUT2D eigenvalue weighted by Crippen LogP contribution is -2.13. The minimum Gasteiger partial charge on any atom is -0.507 e. The Morgan fingerprint density at radius 3 is 2.57 bits per heavy atom. The van der Waals surface area contributed by atoms with E-state index in [0.717, 1.165) is 5.39 Å². The molecule has 0 saturated heterocycles. The molecule has 1 heterocycles. The van der Waals surface area contributed by atoms with Gasteiger partial charge in [-0.15, -0.1) is 0 Å². The van der Waals surface area contributed by atoms with Crippen molar-refractivity contribution in [3.8, 4) is 5.75 Å². The Kier molecular flexibility index (Phi) is 3.16. The zero-order valence-electron chi connectivity index (χ0n) is 11.1. The number of fused-ring (bicyclic) bond motifs is 1. The van der Waals surface area contributed by atoms with Crippen LogP contribution in [0.1, 0.15) is 10.5 Å². The summed E-state index contributed by atoms with van der Waals surface area (Å²) in [5.41, 5.74) is 6.95. The molecule has 21 heavy (non-hydrogen) atoms. The minimum absolute atomic E-state index is 0.175. The van der Waals surface area contributed by atoms with Gasteiger partial charge in [-0.2, -0.15) is 0 Å². The molecule has 5 heteroatoms. The normalized spacial score (nSPS) is 10.5. The number of nitrogens with two attached hydrogens (primary N) is 1. The van der Waals surface area contributed by atoms with Crippen LogP contribution in [0.15, 0.2) is 54.7 Å². The first-order valence-electron chi connectivity index (χ1n) is 6.39. The average Bonchev–Trinajstić information content (AvgIpc) is 2.49. The van der Waals surface area contributed by atoms with Gasteiger partial charge in [0, 0.05) is 16.5 Å². The van der Waals surface area contributed by atoms with Crippen molar-refractivity contribution in [3.05, 3.63) is 60.4 Å². The number of hydrogen-bond donors (Lipinski definition) is 3. The monoisotopic (exact) mass is 279 g/mol. The van der Waals surface area contributed by atoms with E-state index in [2.05, 4.69) is 10.3 Å². The molecule has 0 saturated carbocycles. The molecule has 0 aliphatic heterocycles. The second-order valence-corrected chi connectivity index (χ2v) is 4.61. The third kappa shape index (κ3) is 2.49. The lowest BCUT2D eigenvalue weighted by molar-refractivity contribution is 0.102. The number of amides is 1. The topological polar surface area (TPSA) is 88.2 Å². The molecule has 4 N–H and O–H groups in total. The number of benzene rings is 2. The second kappa shape index (κ2) is 5.13. The maximum absolute atomic E-state index is 12.2. The second-order valence-electron chi connectivity index (χ2n) is 4.61. The van der Waals surface area contributed by atoms with E-state index in [1.165, 1.54) is 6.20 Å². The quantitative estimate of drug-likeness (QED) is 0.673. The van der Waals surface area contributed by atoms with Gasteiger partial charge < -0.3 is 16.2 Å². The maximum atomic E-state index is 12.2. The Morgan fingerprint density at radius 2 is 1.81 bits per heavy atom. The van der Waals surface area contributed by atoms with Crippen LogP contribution in [0.4, 0.5) is 11.4 Å². The molecule has 5 nitrogen and oxygen atoms in total. The number of carbonyl (C=O) groups is 1. The number of pyridine rings is 1. The molecule has 0 atom stereocenters. The molecule has 0 radical (unpaired) electrons. The number of phenols is 1. The number of nitrogen functional groups attached to an aromatic ring is 1. The van der Waals surface area contributed by atoms with Crippen molar-refractivity contribution in [2.75, 3.05) is 11.1 Å². The van der Waals surface area contributed by atoms with Crippen LogP contribution in [0, 0.1) is 0 Å². The summed E-state index contributed by atoms with van der Waals surface area (Å²) in [5.74, 6) is -0.153. The zero-order valence-corrected chi connectivity index (χ0v) is 11.1. The molecule has 1 amide bonds. The van der Waals surface area contributed by atoms with Crippen LogP contribution in [0.2, 0.25) is 0 Å². The third-order valence-corrected chi connectivity index (χ3v) is 3.17. The highest BCUT2D eigenvalue weighted by Crippen LogP contribution is 2.29. The Balaban J connectivity index is 1.96. The van der Waals surface area contributed by atoms with Crippen LogP contribution in [0.3, 0.4) is 0 Å². The number of aromatic hydroxyl groups is 1. The molecular weight excluding hydrogens is 266 g/mol. The molecule has 0 aliphatic carbocycles. The maximum Gasteiger partial charge on any atom is 0.274 e. The number of carbonyl (C=O) groups excluding carboxylic acids is 1. The van der Waals surface area contributed by atoms with E-state index < -0.39 is 0 Å². The Morgan fingerprint density at radius 1 is 1.05 bits per heavy atom. The number of phenolic OH excluding ortho intramolecular Hbond substituents is 1. The molecule has 1 aromatic heterocycles. The zero-order chi connectivity index (χ0) is 14.8. The van der Waals surface area contributed by atoms with Gasteiger partial charge in [0.2, 0.25) is 0 Å². The molecular formula is C16H13N3O2. The summed E-state index contributed by atoms with van der Waals surface area (Å²) in [5, 5.41) is 14.1. The van der Waals surface area contributed by atoms with Gasteiger partial charge in [-0.3, -0.25) is 4.79 Å². The van der Waals surface area contributed by atoms with Crippen molar-refractivity contribution in [2.45, 2.75) is 0 Å². The number of hydrogen-bond acceptors (Lipinski definition) is 4. The van der Waals surface area contributed by atoms with E-state index in [1.807, 2.05) is 6.07 Å². The number of aromatic nitrogens is 1. The molecule has 104 valence electrons. The van der Waals surface area contributed by atoms with Crippen molar-refractivity contribution in [3.63, 3.8) is 0 Å². The van der Waals surface area contributed by atoms with Crippen LogP contribution < -0.4 is 11.1 Å². The van der Waals surface area contributed by atoms with Crippen LogP contribution in [0.5, 0.6) is 5.75 Å². The van der Waals surface area contributed by atoms with Gasteiger partial charge in [0.25, 0.3) is 5.91 Å². The third-order valence-electron chi connectivity index (χ3n) is 3.17. The Bertz CT molecular complexity index is 813. The van der Waals surface area contributed by atoms with Crippen molar-refractivity contribution < 1.29 is 9.90 Å². The van der Waals surface area contributed by atoms with Gasteiger partial charge in [-0.1, -0.05) is 24.3 Å². The Labute approximate surface area is 121 Å². The molecule has 3 aromatic rings. The highest BCUT2D eigenvalue weighted by atomic mass is 16.3. The molecule has 0 aliphatic rings. The highest BCUT2D eigenvalue weighted by molar-refractivity contribution is 6.09. The molecule has 0 bridgehead atoms. The van der Waals surface area contributed by atoms with Crippen molar-refractivity contribution in [2.24, 2.45) is 0 Å². The lowest BCUT2D eigenvalue weighted by Gasteiger charge is -2.09. The van der Waals surface area contributed by atoms with E-state index >= 15 is 0 Å². The summed E-state index contributed by atoms with van der Waals surface area (Å²) >= 11 is 0. The summed E-state index contributed by atoms with van der Waals surface area (Å²) in [4.78, 5) is 16.2. The molecule has 3 rings (SSSR count). The number of nitrogens with zero attached hydrogens (tertiary/aromatic N) is 1. The van der Waals surface area contributed by atoms with E-state index in [4.69, 9.17) is 5.73 Å². The molecule has 2 aromatic carbocycles. The van der Waals surface area contributed by atoms with Gasteiger partial charge in [-0.25, -0.2) is 4.98 Å². The largest absolute Gasteiger partial charge is 0.507 e. The predicted octanol–water partition coefficient (Wildman–Crippen LogP) is 2.77. The lowest BCUT2D eigenvalue weighted by atomic mass is 10.1. The first-order chi connectivity index (χ1) is 10.1. The summed E-state index contributed by atoms with van der Waals surface area (Å²) in [6.07, 6.45) is 1.43.